The van der Waals surface area contributed by atoms with E-state index in [4.69, 9.17) is 0 Å². The van der Waals surface area contributed by atoms with Crippen LogP contribution in [0.25, 0.3) is 0 Å². The van der Waals surface area contributed by atoms with E-state index < -0.39 is 0 Å². The summed E-state index contributed by atoms with van der Waals surface area (Å²) in [5.41, 5.74) is 0. The molecule has 1 amide bonds. The molecule has 4 heteroatoms. The number of fused-ring (bicyclic) bond motifs is 1. The van der Waals surface area contributed by atoms with E-state index in [1.165, 1.54) is 12.8 Å². The predicted molar refractivity (Wildman–Crippen MR) is 68.9 cm³/mol. The summed E-state index contributed by atoms with van der Waals surface area (Å²) in [4.78, 5) is 16.3. The van der Waals surface area contributed by atoms with E-state index in [0.29, 0.717) is 12.6 Å². The van der Waals surface area contributed by atoms with Gasteiger partial charge in [-0.15, -0.1) is 0 Å². The molecule has 0 bridgehead atoms. The highest BCUT2D eigenvalue weighted by Gasteiger charge is 2.34. The van der Waals surface area contributed by atoms with Gasteiger partial charge in [0, 0.05) is 32.2 Å². The molecule has 2 rings (SSSR count). The van der Waals surface area contributed by atoms with Crippen LogP contribution in [-0.4, -0.2) is 61.0 Å². The van der Waals surface area contributed by atoms with Crippen molar-refractivity contribution < 1.29 is 4.79 Å². The molecule has 4 nitrogen and oxygen atoms in total. The van der Waals surface area contributed by atoms with Crippen molar-refractivity contribution in [2.45, 2.75) is 32.7 Å². The molecular weight excluding hydrogens is 214 g/mol. The van der Waals surface area contributed by atoms with Gasteiger partial charge in [-0.1, -0.05) is 0 Å². The Morgan fingerprint density at radius 2 is 2.12 bits per heavy atom. The summed E-state index contributed by atoms with van der Waals surface area (Å²) in [6.45, 7) is 9.67. The van der Waals surface area contributed by atoms with Crippen molar-refractivity contribution in [2.75, 3.05) is 39.3 Å². The number of rotatable bonds is 4. The van der Waals surface area contributed by atoms with E-state index >= 15 is 0 Å². The quantitative estimate of drug-likeness (QED) is 0.778. The van der Waals surface area contributed by atoms with Crippen LogP contribution in [0.5, 0.6) is 0 Å². The van der Waals surface area contributed by atoms with Gasteiger partial charge in [0.2, 0.25) is 5.91 Å². The minimum absolute atomic E-state index is 0.286. The zero-order valence-corrected chi connectivity index (χ0v) is 11.1. The Kier molecular flexibility index (Phi) is 4.40. The lowest BCUT2D eigenvalue weighted by Gasteiger charge is -2.24. The third kappa shape index (κ3) is 2.99. The summed E-state index contributed by atoms with van der Waals surface area (Å²) in [6.07, 6.45) is 2.62. The lowest BCUT2D eigenvalue weighted by atomic mass is 9.94. The van der Waals surface area contributed by atoms with E-state index in [1.807, 2.05) is 18.7 Å². The number of piperidine rings is 1. The first-order valence-electron chi connectivity index (χ1n) is 6.98. The van der Waals surface area contributed by atoms with E-state index in [0.717, 1.165) is 38.6 Å². The van der Waals surface area contributed by atoms with Crippen LogP contribution >= 0.6 is 0 Å². The van der Waals surface area contributed by atoms with Crippen LogP contribution in [0, 0.1) is 5.92 Å². The molecular formula is C13H25N3O. The number of hydrogen-bond acceptors (Lipinski definition) is 3. The Bertz CT molecular complexity index is 251. The fraction of sp³-hybridized carbons (Fsp3) is 0.923. The molecule has 2 aliphatic heterocycles. The fourth-order valence-corrected chi connectivity index (χ4v) is 3.13. The number of nitrogens with zero attached hydrogens (tertiary/aromatic N) is 2. The molecule has 0 radical (unpaired) electrons. The number of nitrogens with one attached hydrogen (secondary N) is 1. The lowest BCUT2D eigenvalue weighted by molar-refractivity contribution is -0.131. The maximum Gasteiger partial charge on any atom is 0.236 e. The van der Waals surface area contributed by atoms with Gasteiger partial charge in [-0.3, -0.25) is 9.69 Å². The van der Waals surface area contributed by atoms with Crippen LogP contribution in [0.2, 0.25) is 0 Å². The van der Waals surface area contributed by atoms with Crippen LogP contribution in [0.3, 0.4) is 0 Å². The van der Waals surface area contributed by atoms with Crippen molar-refractivity contribution in [1.29, 1.82) is 0 Å². The molecule has 1 N–H and O–H groups in total. The maximum absolute atomic E-state index is 12.0. The molecule has 2 aliphatic rings. The summed E-state index contributed by atoms with van der Waals surface area (Å²) >= 11 is 0. The van der Waals surface area contributed by atoms with Crippen molar-refractivity contribution in [3.8, 4) is 0 Å². The average Bonchev–Trinajstić information content (AvgIpc) is 2.72. The highest BCUT2D eigenvalue weighted by atomic mass is 16.2. The van der Waals surface area contributed by atoms with Crippen LogP contribution in [0.4, 0.5) is 0 Å². The molecule has 0 spiro atoms. The van der Waals surface area contributed by atoms with Crippen molar-refractivity contribution in [2.24, 2.45) is 5.92 Å². The Hall–Kier alpha value is -0.610. The van der Waals surface area contributed by atoms with Crippen LogP contribution in [0.15, 0.2) is 0 Å². The Balaban J connectivity index is 1.82. The van der Waals surface area contributed by atoms with Crippen molar-refractivity contribution in [3.05, 3.63) is 0 Å². The van der Waals surface area contributed by atoms with E-state index in [9.17, 15) is 4.79 Å². The SMILES string of the molecule is CCN(CC)C(=O)CN1C[C@@H]2CCCN[C@@H]2C1. The van der Waals surface area contributed by atoms with Gasteiger partial charge in [-0.25, -0.2) is 0 Å². The van der Waals surface area contributed by atoms with Gasteiger partial charge in [-0.2, -0.15) is 0 Å². The van der Waals surface area contributed by atoms with Gasteiger partial charge in [0.15, 0.2) is 0 Å². The third-order valence-corrected chi connectivity index (χ3v) is 4.15. The largest absolute Gasteiger partial charge is 0.342 e. The topological polar surface area (TPSA) is 35.6 Å². The number of amides is 1. The molecule has 98 valence electrons. The van der Waals surface area contributed by atoms with Gasteiger partial charge in [0.1, 0.15) is 0 Å². The first-order chi connectivity index (χ1) is 8.24. The molecule has 0 aliphatic carbocycles. The summed E-state index contributed by atoms with van der Waals surface area (Å²) in [7, 11) is 0. The third-order valence-electron chi connectivity index (χ3n) is 4.15. The Morgan fingerprint density at radius 1 is 1.35 bits per heavy atom. The molecule has 0 aromatic rings. The van der Waals surface area contributed by atoms with Gasteiger partial charge >= 0.3 is 0 Å². The number of carbonyl (C=O) groups is 1. The predicted octanol–water partition coefficient (Wildman–Crippen LogP) is 0.539. The van der Waals surface area contributed by atoms with E-state index in [-0.39, 0.29) is 5.91 Å². The first kappa shape index (κ1) is 12.8. The molecule has 0 saturated carbocycles. The van der Waals surface area contributed by atoms with Gasteiger partial charge in [0.25, 0.3) is 0 Å². The minimum atomic E-state index is 0.286. The lowest BCUT2D eigenvalue weighted by Crippen LogP contribution is -2.42. The summed E-state index contributed by atoms with van der Waals surface area (Å²) in [5.74, 6) is 1.06. The van der Waals surface area contributed by atoms with Gasteiger partial charge in [0.05, 0.1) is 6.54 Å². The van der Waals surface area contributed by atoms with E-state index in [1.54, 1.807) is 0 Å². The zero-order valence-electron chi connectivity index (χ0n) is 11.1. The molecule has 2 heterocycles. The second-order valence-corrected chi connectivity index (χ2v) is 5.22. The number of carbonyl (C=O) groups excluding carboxylic acids is 1. The Labute approximate surface area is 104 Å². The molecule has 0 unspecified atom stereocenters. The molecule has 0 aromatic heterocycles. The van der Waals surface area contributed by atoms with Crippen LogP contribution < -0.4 is 5.32 Å². The van der Waals surface area contributed by atoms with E-state index in [2.05, 4.69) is 10.2 Å². The van der Waals surface area contributed by atoms with Gasteiger partial charge in [-0.05, 0) is 39.2 Å². The number of likely N-dealkylation sites (N-methyl/N-ethyl adjacent to an activating group) is 1. The zero-order chi connectivity index (χ0) is 12.3. The van der Waals surface area contributed by atoms with Crippen LogP contribution in [0.1, 0.15) is 26.7 Å². The standard InChI is InChI=1S/C13H25N3O/c1-3-16(4-2)13(17)10-15-8-11-6-5-7-14-12(11)9-15/h11-12,14H,3-10H2,1-2H3/t11-,12+/m0/s1. The van der Waals surface area contributed by atoms with Crippen LogP contribution in [-0.2, 0) is 4.79 Å². The maximum atomic E-state index is 12.0. The second-order valence-electron chi connectivity index (χ2n) is 5.22. The fourth-order valence-electron chi connectivity index (χ4n) is 3.13. The molecule has 0 aromatic carbocycles. The van der Waals surface area contributed by atoms with Crippen molar-refractivity contribution in [3.63, 3.8) is 0 Å². The molecule has 2 saturated heterocycles. The van der Waals surface area contributed by atoms with Gasteiger partial charge < -0.3 is 10.2 Å². The smallest absolute Gasteiger partial charge is 0.236 e. The van der Waals surface area contributed by atoms with Crippen molar-refractivity contribution in [1.82, 2.24) is 15.1 Å². The molecule has 2 atom stereocenters. The average molecular weight is 239 g/mol. The summed E-state index contributed by atoms with van der Waals surface area (Å²) in [5, 5.41) is 3.57. The molecule has 2 fully saturated rings. The summed E-state index contributed by atoms with van der Waals surface area (Å²) in [6, 6.07) is 0.633. The second kappa shape index (κ2) is 5.83. The number of hydrogen-bond donors (Lipinski definition) is 1. The minimum Gasteiger partial charge on any atom is -0.342 e. The monoisotopic (exact) mass is 239 g/mol. The normalized spacial score (nSPS) is 29.1. The first-order valence-corrected chi connectivity index (χ1v) is 6.98. The number of likely N-dealkylation sites (tertiary alicyclic amines) is 1. The summed E-state index contributed by atoms with van der Waals surface area (Å²) < 4.78 is 0. The van der Waals surface area contributed by atoms with Crippen molar-refractivity contribution >= 4 is 5.91 Å². The molecule has 17 heavy (non-hydrogen) atoms. The Morgan fingerprint density at radius 3 is 2.76 bits per heavy atom. The highest BCUT2D eigenvalue weighted by Crippen LogP contribution is 2.24. The highest BCUT2D eigenvalue weighted by molar-refractivity contribution is 5.78.